The van der Waals surface area contributed by atoms with Crippen LogP contribution in [0.5, 0.6) is 0 Å². The summed E-state index contributed by atoms with van der Waals surface area (Å²) in [6, 6.07) is 1.44. The Morgan fingerprint density at radius 2 is 2.00 bits per heavy atom. The summed E-state index contributed by atoms with van der Waals surface area (Å²) in [6.07, 6.45) is 3.91. The fraction of sp³-hybridized carbons (Fsp3) is 0.929. The lowest BCUT2D eigenvalue weighted by Crippen LogP contribution is -2.46. The summed E-state index contributed by atoms with van der Waals surface area (Å²) in [6.45, 7) is 10.9. The van der Waals surface area contributed by atoms with Gasteiger partial charge in [-0.1, -0.05) is 13.8 Å². The Hall–Kier alpha value is -0.0400. The van der Waals surface area contributed by atoms with Gasteiger partial charge in [-0.05, 0) is 32.1 Å². The molecule has 1 aliphatic carbocycles. The average Bonchev–Trinajstić information content (AvgIpc) is 3.13. The van der Waals surface area contributed by atoms with Crippen molar-refractivity contribution in [3.63, 3.8) is 0 Å². The third-order valence-corrected chi connectivity index (χ3v) is 3.86. The van der Waals surface area contributed by atoms with E-state index in [1.54, 1.807) is 0 Å². The van der Waals surface area contributed by atoms with Crippen molar-refractivity contribution in [3.05, 3.63) is 0 Å². The molecule has 2 atom stereocenters. The Bertz CT molecular complexity index is 291. The lowest BCUT2D eigenvalue weighted by molar-refractivity contribution is 0.315. The summed E-state index contributed by atoms with van der Waals surface area (Å²) in [5, 5.41) is 6.96. The van der Waals surface area contributed by atoms with E-state index in [4.69, 9.17) is 0 Å². The van der Waals surface area contributed by atoms with E-state index in [0.29, 0.717) is 6.04 Å². The van der Waals surface area contributed by atoms with Crippen molar-refractivity contribution < 1.29 is 0 Å². The first-order valence-corrected chi connectivity index (χ1v) is 7.53. The first kappa shape index (κ1) is 17.0. The minimum atomic E-state index is 0. The SMILES string of the molecule is CCCN=C(NCC)NC1CN(C2CC2)CC1C.I. The third kappa shape index (κ3) is 5.10. The van der Waals surface area contributed by atoms with Crippen LogP contribution in [0.1, 0.15) is 40.0 Å². The Labute approximate surface area is 134 Å². The summed E-state index contributed by atoms with van der Waals surface area (Å²) in [5.74, 6) is 1.71. The molecule has 19 heavy (non-hydrogen) atoms. The summed E-state index contributed by atoms with van der Waals surface area (Å²) in [7, 11) is 0. The van der Waals surface area contributed by atoms with Gasteiger partial charge in [-0.2, -0.15) is 0 Å². The van der Waals surface area contributed by atoms with Crippen molar-refractivity contribution in [2.24, 2.45) is 10.9 Å². The van der Waals surface area contributed by atoms with Gasteiger partial charge in [0.2, 0.25) is 0 Å². The van der Waals surface area contributed by atoms with Gasteiger partial charge < -0.3 is 10.6 Å². The number of rotatable bonds is 5. The normalized spacial score (nSPS) is 28.1. The van der Waals surface area contributed by atoms with E-state index in [1.807, 2.05) is 0 Å². The molecule has 2 fully saturated rings. The Kier molecular flexibility index (Phi) is 7.42. The largest absolute Gasteiger partial charge is 0.357 e. The summed E-state index contributed by atoms with van der Waals surface area (Å²) in [4.78, 5) is 7.24. The number of hydrogen-bond acceptors (Lipinski definition) is 2. The zero-order valence-electron chi connectivity index (χ0n) is 12.5. The van der Waals surface area contributed by atoms with Gasteiger partial charge >= 0.3 is 0 Å². The monoisotopic (exact) mass is 380 g/mol. The molecule has 0 aromatic heterocycles. The number of aliphatic imine (C=N–C) groups is 1. The van der Waals surface area contributed by atoms with Gasteiger partial charge in [0.15, 0.2) is 5.96 Å². The molecule has 2 N–H and O–H groups in total. The lowest BCUT2D eigenvalue weighted by atomic mass is 10.1. The fourth-order valence-corrected chi connectivity index (χ4v) is 2.65. The minimum absolute atomic E-state index is 0. The van der Waals surface area contributed by atoms with E-state index in [2.05, 4.69) is 41.3 Å². The zero-order chi connectivity index (χ0) is 13.0. The lowest BCUT2D eigenvalue weighted by Gasteiger charge is -2.20. The van der Waals surface area contributed by atoms with Crippen LogP contribution in [0.2, 0.25) is 0 Å². The van der Waals surface area contributed by atoms with Crippen LogP contribution in [0.15, 0.2) is 4.99 Å². The highest BCUT2D eigenvalue weighted by molar-refractivity contribution is 14.0. The number of nitrogens with zero attached hydrogens (tertiary/aromatic N) is 2. The van der Waals surface area contributed by atoms with Crippen LogP contribution >= 0.6 is 24.0 Å². The molecule has 2 aliphatic rings. The van der Waals surface area contributed by atoms with Gasteiger partial charge in [0.25, 0.3) is 0 Å². The summed E-state index contributed by atoms with van der Waals surface area (Å²) < 4.78 is 0. The van der Waals surface area contributed by atoms with Gasteiger partial charge in [-0.3, -0.25) is 9.89 Å². The maximum atomic E-state index is 4.59. The predicted molar refractivity (Wildman–Crippen MR) is 92.4 cm³/mol. The number of guanidine groups is 1. The molecule has 0 spiro atoms. The van der Waals surface area contributed by atoms with Gasteiger partial charge in [0.1, 0.15) is 0 Å². The average molecular weight is 380 g/mol. The zero-order valence-corrected chi connectivity index (χ0v) is 14.8. The minimum Gasteiger partial charge on any atom is -0.357 e. The number of hydrogen-bond donors (Lipinski definition) is 2. The topological polar surface area (TPSA) is 39.7 Å². The van der Waals surface area contributed by atoms with Crippen molar-refractivity contribution in [1.29, 1.82) is 0 Å². The number of halogens is 1. The fourth-order valence-electron chi connectivity index (χ4n) is 2.65. The molecule has 2 rings (SSSR count). The van der Waals surface area contributed by atoms with Gasteiger partial charge in [-0.25, -0.2) is 0 Å². The Morgan fingerprint density at radius 1 is 1.26 bits per heavy atom. The standard InChI is InChI=1S/C14H28N4.HI/c1-4-8-16-14(15-5-2)17-13-10-18(9-11(13)3)12-6-7-12;/h11-13H,4-10H2,1-3H3,(H2,15,16,17);1H. The van der Waals surface area contributed by atoms with Crippen molar-refractivity contribution in [3.8, 4) is 0 Å². The second-order valence-corrected chi connectivity index (χ2v) is 5.67. The van der Waals surface area contributed by atoms with Crippen LogP contribution in [-0.2, 0) is 0 Å². The molecule has 1 saturated heterocycles. The molecule has 1 aliphatic heterocycles. The van der Waals surface area contributed by atoms with Crippen LogP contribution in [0.3, 0.4) is 0 Å². The van der Waals surface area contributed by atoms with E-state index >= 15 is 0 Å². The summed E-state index contributed by atoms with van der Waals surface area (Å²) in [5.41, 5.74) is 0. The second kappa shape index (κ2) is 8.29. The highest BCUT2D eigenvalue weighted by Gasteiger charge is 2.38. The van der Waals surface area contributed by atoms with Crippen LogP contribution in [0, 0.1) is 5.92 Å². The maximum absolute atomic E-state index is 4.59. The highest BCUT2D eigenvalue weighted by Crippen LogP contribution is 2.31. The van der Waals surface area contributed by atoms with Gasteiger partial charge in [0, 0.05) is 38.3 Å². The van der Waals surface area contributed by atoms with E-state index in [0.717, 1.165) is 37.4 Å². The molecule has 4 nitrogen and oxygen atoms in total. The van der Waals surface area contributed by atoms with Crippen LogP contribution in [0.25, 0.3) is 0 Å². The van der Waals surface area contributed by atoms with Crippen molar-refractivity contribution in [2.45, 2.75) is 52.1 Å². The molecule has 0 radical (unpaired) electrons. The van der Waals surface area contributed by atoms with Gasteiger partial charge in [0.05, 0.1) is 0 Å². The number of likely N-dealkylation sites (tertiary alicyclic amines) is 1. The highest BCUT2D eigenvalue weighted by atomic mass is 127. The first-order chi connectivity index (χ1) is 8.74. The molecule has 2 unspecified atom stereocenters. The smallest absolute Gasteiger partial charge is 0.191 e. The molecule has 0 bridgehead atoms. The van der Waals surface area contributed by atoms with Crippen LogP contribution in [-0.4, -0.2) is 49.1 Å². The second-order valence-electron chi connectivity index (χ2n) is 5.67. The third-order valence-electron chi connectivity index (χ3n) is 3.86. The maximum Gasteiger partial charge on any atom is 0.191 e. The predicted octanol–water partition coefficient (Wildman–Crippen LogP) is 2.05. The van der Waals surface area contributed by atoms with E-state index in [-0.39, 0.29) is 24.0 Å². The van der Waals surface area contributed by atoms with E-state index < -0.39 is 0 Å². The molecule has 1 heterocycles. The van der Waals surface area contributed by atoms with Crippen LogP contribution in [0.4, 0.5) is 0 Å². The molecule has 0 aromatic carbocycles. The first-order valence-electron chi connectivity index (χ1n) is 7.53. The van der Waals surface area contributed by atoms with E-state index in [1.165, 1.54) is 25.9 Å². The Balaban J connectivity index is 0.00000180. The molecule has 1 saturated carbocycles. The summed E-state index contributed by atoms with van der Waals surface area (Å²) >= 11 is 0. The van der Waals surface area contributed by atoms with Crippen molar-refractivity contribution in [2.75, 3.05) is 26.2 Å². The quantitative estimate of drug-likeness (QED) is 0.436. The van der Waals surface area contributed by atoms with Crippen LogP contribution < -0.4 is 10.6 Å². The molecule has 0 aromatic rings. The van der Waals surface area contributed by atoms with Crippen molar-refractivity contribution in [1.82, 2.24) is 15.5 Å². The van der Waals surface area contributed by atoms with Gasteiger partial charge in [-0.15, -0.1) is 24.0 Å². The molecule has 112 valence electrons. The van der Waals surface area contributed by atoms with Crippen molar-refractivity contribution >= 4 is 29.9 Å². The molecule has 5 heteroatoms. The number of nitrogens with one attached hydrogen (secondary N) is 2. The molecular weight excluding hydrogens is 351 g/mol. The van der Waals surface area contributed by atoms with E-state index in [9.17, 15) is 0 Å². The molecular formula is C14H29IN4. The molecule has 0 amide bonds. The Morgan fingerprint density at radius 3 is 2.58 bits per heavy atom.